The summed E-state index contributed by atoms with van der Waals surface area (Å²) in [4.78, 5) is 0. The van der Waals surface area contributed by atoms with Gasteiger partial charge in [-0.1, -0.05) is 29.3 Å². The van der Waals surface area contributed by atoms with E-state index in [1.165, 1.54) is 0 Å². The van der Waals surface area contributed by atoms with Gasteiger partial charge < -0.3 is 10.5 Å². The van der Waals surface area contributed by atoms with Gasteiger partial charge in [0.2, 0.25) is 0 Å². The Morgan fingerprint density at radius 3 is 2.20 bits per heavy atom. The van der Waals surface area contributed by atoms with Gasteiger partial charge in [-0.2, -0.15) is 0 Å². The second-order valence-electron chi connectivity index (χ2n) is 3.87. The van der Waals surface area contributed by atoms with E-state index in [1.54, 1.807) is 0 Å². The van der Waals surface area contributed by atoms with Crippen molar-refractivity contribution in [1.82, 2.24) is 0 Å². The summed E-state index contributed by atoms with van der Waals surface area (Å²) in [5.74, 6) is 0. The molecule has 1 aromatic rings. The molecule has 2 nitrogen and oxygen atoms in total. The highest BCUT2D eigenvalue weighted by Crippen LogP contribution is 2.38. The number of halogens is 2. The topological polar surface area (TPSA) is 35.2 Å². The van der Waals surface area contributed by atoms with Gasteiger partial charge in [-0.25, -0.2) is 0 Å². The minimum Gasteiger partial charge on any atom is -0.381 e. The van der Waals surface area contributed by atoms with Gasteiger partial charge in [0, 0.05) is 34.4 Å². The van der Waals surface area contributed by atoms with E-state index in [-0.39, 0.29) is 0 Å². The molecule has 0 unspecified atom stereocenters. The number of nitrogens with two attached hydrogens (primary N) is 1. The SMILES string of the molecule is NC1(c2c(Cl)cccc2Cl)CCOCC1. The Morgan fingerprint density at radius 1 is 1.13 bits per heavy atom. The van der Waals surface area contributed by atoms with Crippen molar-refractivity contribution in [3.8, 4) is 0 Å². The van der Waals surface area contributed by atoms with Crippen LogP contribution in [0, 0.1) is 0 Å². The minimum absolute atomic E-state index is 0.437. The molecular formula is C11H13Cl2NO. The highest BCUT2D eigenvalue weighted by atomic mass is 35.5. The molecule has 0 aliphatic carbocycles. The van der Waals surface area contributed by atoms with Crippen LogP contribution in [0.3, 0.4) is 0 Å². The van der Waals surface area contributed by atoms with Crippen LogP contribution in [0.15, 0.2) is 18.2 Å². The molecule has 82 valence electrons. The van der Waals surface area contributed by atoms with E-state index in [0.717, 1.165) is 18.4 Å². The molecule has 1 fully saturated rings. The van der Waals surface area contributed by atoms with E-state index in [9.17, 15) is 0 Å². The summed E-state index contributed by atoms with van der Waals surface area (Å²) < 4.78 is 5.30. The lowest BCUT2D eigenvalue weighted by atomic mass is 9.84. The van der Waals surface area contributed by atoms with Gasteiger partial charge in [-0.3, -0.25) is 0 Å². The van der Waals surface area contributed by atoms with Crippen molar-refractivity contribution in [1.29, 1.82) is 0 Å². The zero-order valence-electron chi connectivity index (χ0n) is 8.30. The van der Waals surface area contributed by atoms with Crippen LogP contribution in [0.5, 0.6) is 0 Å². The fraction of sp³-hybridized carbons (Fsp3) is 0.455. The van der Waals surface area contributed by atoms with Gasteiger partial charge in [-0.05, 0) is 25.0 Å². The molecule has 1 saturated heterocycles. The molecule has 4 heteroatoms. The summed E-state index contributed by atoms with van der Waals surface area (Å²) >= 11 is 12.3. The lowest BCUT2D eigenvalue weighted by Gasteiger charge is -2.35. The molecule has 2 N–H and O–H groups in total. The second kappa shape index (κ2) is 4.30. The number of rotatable bonds is 1. The van der Waals surface area contributed by atoms with Crippen LogP contribution in [0.4, 0.5) is 0 Å². The molecule has 0 atom stereocenters. The molecular weight excluding hydrogens is 233 g/mol. The van der Waals surface area contributed by atoms with Crippen LogP contribution in [0.2, 0.25) is 10.0 Å². The van der Waals surface area contributed by atoms with E-state index >= 15 is 0 Å². The third-order valence-corrected chi connectivity index (χ3v) is 3.48. The van der Waals surface area contributed by atoms with Gasteiger partial charge in [0.15, 0.2) is 0 Å². The molecule has 0 bridgehead atoms. The van der Waals surface area contributed by atoms with Crippen molar-refractivity contribution in [2.45, 2.75) is 18.4 Å². The predicted octanol–water partition coefficient (Wildman–Crippen LogP) is 2.96. The highest BCUT2D eigenvalue weighted by Gasteiger charge is 2.33. The van der Waals surface area contributed by atoms with Crippen molar-refractivity contribution in [3.63, 3.8) is 0 Å². The molecule has 0 spiro atoms. The number of hydrogen-bond donors (Lipinski definition) is 1. The van der Waals surface area contributed by atoms with Crippen LogP contribution >= 0.6 is 23.2 Å². The summed E-state index contributed by atoms with van der Waals surface area (Å²) in [6.45, 7) is 1.33. The standard InChI is InChI=1S/C11H13Cl2NO/c12-8-2-1-3-9(13)10(8)11(14)4-6-15-7-5-11/h1-3H,4-7,14H2. The fourth-order valence-corrected chi connectivity index (χ4v) is 2.73. The van der Waals surface area contributed by atoms with Crippen molar-refractivity contribution in [2.24, 2.45) is 5.73 Å². The van der Waals surface area contributed by atoms with Gasteiger partial charge in [0.05, 0.1) is 0 Å². The maximum Gasteiger partial charge on any atom is 0.0486 e. The molecule has 2 rings (SSSR count). The van der Waals surface area contributed by atoms with Crippen molar-refractivity contribution in [2.75, 3.05) is 13.2 Å². The summed E-state index contributed by atoms with van der Waals surface area (Å²) in [5, 5.41) is 1.29. The smallest absolute Gasteiger partial charge is 0.0486 e. The first-order valence-corrected chi connectivity index (χ1v) is 5.70. The number of ether oxygens (including phenoxy) is 1. The molecule has 1 aliphatic rings. The van der Waals surface area contributed by atoms with Crippen LogP contribution in [0.1, 0.15) is 18.4 Å². The monoisotopic (exact) mass is 245 g/mol. The van der Waals surface area contributed by atoms with E-state index in [2.05, 4.69) is 0 Å². The third kappa shape index (κ3) is 2.13. The van der Waals surface area contributed by atoms with Gasteiger partial charge in [-0.15, -0.1) is 0 Å². The van der Waals surface area contributed by atoms with E-state index in [4.69, 9.17) is 33.7 Å². The maximum atomic E-state index is 6.33. The van der Waals surface area contributed by atoms with Crippen LogP contribution < -0.4 is 5.73 Å². The zero-order chi connectivity index (χ0) is 10.9. The second-order valence-corrected chi connectivity index (χ2v) is 4.68. The molecule has 1 aliphatic heterocycles. The number of hydrogen-bond acceptors (Lipinski definition) is 2. The zero-order valence-corrected chi connectivity index (χ0v) is 9.81. The van der Waals surface area contributed by atoms with Gasteiger partial charge >= 0.3 is 0 Å². The van der Waals surface area contributed by atoms with Crippen molar-refractivity contribution < 1.29 is 4.74 Å². The Hall–Kier alpha value is -0.280. The van der Waals surface area contributed by atoms with E-state index < -0.39 is 5.54 Å². The molecule has 0 radical (unpaired) electrons. The van der Waals surface area contributed by atoms with Crippen LogP contribution in [0.25, 0.3) is 0 Å². The lowest BCUT2D eigenvalue weighted by Crippen LogP contribution is -2.42. The molecule has 0 aromatic heterocycles. The minimum atomic E-state index is -0.437. The average Bonchev–Trinajstić information content (AvgIpc) is 2.18. The average molecular weight is 246 g/mol. The van der Waals surface area contributed by atoms with E-state index in [1.807, 2.05) is 18.2 Å². The molecule has 1 heterocycles. The molecule has 0 amide bonds. The first-order chi connectivity index (χ1) is 7.13. The predicted molar refractivity (Wildman–Crippen MR) is 62.4 cm³/mol. The third-order valence-electron chi connectivity index (χ3n) is 2.85. The van der Waals surface area contributed by atoms with Crippen molar-refractivity contribution >= 4 is 23.2 Å². The molecule has 15 heavy (non-hydrogen) atoms. The lowest BCUT2D eigenvalue weighted by molar-refractivity contribution is 0.0523. The Morgan fingerprint density at radius 2 is 1.67 bits per heavy atom. The number of benzene rings is 1. The summed E-state index contributed by atoms with van der Waals surface area (Å²) in [7, 11) is 0. The maximum absolute atomic E-state index is 6.33. The summed E-state index contributed by atoms with van der Waals surface area (Å²) in [5.41, 5.74) is 6.75. The Labute approximate surface area is 99.3 Å². The first kappa shape index (κ1) is 11.2. The summed E-state index contributed by atoms with van der Waals surface area (Å²) in [6, 6.07) is 5.48. The normalized spacial score (nSPS) is 20.2. The Kier molecular flexibility index (Phi) is 3.21. The summed E-state index contributed by atoms with van der Waals surface area (Å²) in [6.07, 6.45) is 1.52. The first-order valence-electron chi connectivity index (χ1n) is 4.95. The van der Waals surface area contributed by atoms with Gasteiger partial charge in [0.1, 0.15) is 0 Å². The largest absolute Gasteiger partial charge is 0.381 e. The molecule has 0 saturated carbocycles. The van der Waals surface area contributed by atoms with Crippen LogP contribution in [-0.4, -0.2) is 13.2 Å². The fourth-order valence-electron chi connectivity index (χ4n) is 1.96. The van der Waals surface area contributed by atoms with Crippen LogP contribution in [-0.2, 0) is 10.3 Å². The Bertz CT molecular complexity index is 341. The quantitative estimate of drug-likeness (QED) is 0.826. The highest BCUT2D eigenvalue weighted by molar-refractivity contribution is 6.36. The van der Waals surface area contributed by atoms with E-state index in [0.29, 0.717) is 23.3 Å². The molecule has 1 aromatic carbocycles. The van der Waals surface area contributed by atoms with Crippen molar-refractivity contribution in [3.05, 3.63) is 33.8 Å². The Balaban J connectivity index is 2.42. The van der Waals surface area contributed by atoms with Gasteiger partial charge in [0.25, 0.3) is 0 Å².